The van der Waals surface area contributed by atoms with Crippen LogP contribution in [0.15, 0.2) is 24.3 Å². The minimum atomic E-state index is -2.78. The van der Waals surface area contributed by atoms with Crippen LogP contribution in [0.25, 0.3) is 0 Å². The molecule has 1 aliphatic rings. The van der Waals surface area contributed by atoms with Gasteiger partial charge in [0.2, 0.25) is 0 Å². The summed E-state index contributed by atoms with van der Waals surface area (Å²) in [5.74, 6) is 0.196. The molecule has 0 spiro atoms. The van der Waals surface area contributed by atoms with Crippen LogP contribution >= 0.6 is 12.4 Å². The SMILES string of the molecule is CC(c1ccc(OC(F)F)cc1)N1CCC(N)C(C)(C)C1.Cl. The van der Waals surface area contributed by atoms with Gasteiger partial charge in [-0.05, 0) is 36.5 Å². The molecule has 0 aliphatic carbocycles. The third-order valence-electron chi connectivity index (χ3n) is 4.48. The van der Waals surface area contributed by atoms with E-state index < -0.39 is 6.61 Å². The third kappa shape index (κ3) is 4.54. The first kappa shape index (κ1) is 19.1. The summed E-state index contributed by atoms with van der Waals surface area (Å²) < 4.78 is 28.7. The van der Waals surface area contributed by atoms with Crippen LogP contribution in [0.3, 0.4) is 0 Å². The Morgan fingerprint density at radius 2 is 1.86 bits per heavy atom. The molecule has 2 rings (SSSR count). The number of hydrogen-bond donors (Lipinski definition) is 1. The van der Waals surface area contributed by atoms with Gasteiger partial charge in [-0.2, -0.15) is 8.78 Å². The van der Waals surface area contributed by atoms with Gasteiger partial charge in [0.05, 0.1) is 0 Å². The second-order valence-electron chi connectivity index (χ2n) is 6.48. The van der Waals surface area contributed by atoms with Crippen molar-refractivity contribution in [2.75, 3.05) is 13.1 Å². The Bertz CT molecular complexity index is 468. The van der Waals surface area contributed by atoms with E-state index in [-0.39, 0.29) is 35.7 Å². The molecule has 0 bridgehead atoms. The van der Waals surface area contributed by atoms with E-state index in [1.807, 2.05) is 12.1 Å². The molecule has 1 aromatic rings. The lowest BCUT2D eigenvalue weighted by atomic mass is 9.79. The van der Waals surface area contributed by atoms with Crippen molar-refractivity contribution in [1.29, 1.82) is 0 Å². The highest BCUT2D eigenvalue weighted by Crippen LogP contribution is 2.33. The van der Waals surface area contributed by atoms with Crippen LogP contribution < -0.4 is 10.5 Å². The van der Waals surface area contributed by atoms with Gasteiger partial charge in [-0.15, -0.1) is 12.4 Å². The first-order valence-electron chi connectivity index (χ1n) is 7.34. The maximum Gasteiger partial charge on any atom is 0.387 e. The van der Waals surface area contributed by atoms with Crippen LogP contribution in [-0.2, 0) is 0 Å². The Morgan fingerprint density at radius 1 is 1.27 bits per heavy atom. The molecule has 3 nitrogen and oxygen atoms in total. The normalized spacial score (nSPS) is 23.0. The zero-order valence-electron chi connectivity index (χ0n) is 13.3. The van der Waals surface area contributed by atoms with Gasteiger partial charge in [0.25, 0.3) is 0 Å². The number of piperidine rings is 1. The Balaban J connectivity index is 0.00000242. The van der Waals surface area contributed by atoms with E-state index in [9.17, 15) is 8.78 Å². The van der Waals surface area contributed by atoms with Crippen LogP contribution in [0.4, 0.5) is 8.78 Å². The summed E-state index contributed by atoms with van der Waals surface area (Å²) in [5, 5.41) is 0. The summed E-state index contributed by atoms with van der Waals surface area (Å²) in [4.78, 5) is 2.40. The van der Waals surface area contributed by atoms with Gasteiger partial charge in [-0.25, -0.2) is 0 Å². The smallest absolute Gasteiger partial charge is 0.387 e. The number of likely N-dealkylation sites (tertiary alicyclic amines) is 1. The van der Waals surface area contributed by atoms with Crippen molar-refractivity contribution in [3.8, 4) is 5.75 Å². The molecular weight excluding hydrogens is 310 g/mol. The fourth-order valence-electron chi connectivity index (χ4n) is 2.88. The molecule has 2 unspecified atom stereocenters. The largest absolute Gasteiger partial charge is 0.435 e. The molecule has 22 heavy (non-hydrogen) atoms. The second-order valence-corrected chi connectivity index (χ2v) is 6.48. The predicted molar refractivity (Wildman–Crippen MR) is 86.7 cm³/mol. The van der Waals surface area contributed by atoms with Gasteiger partial charge in [0, 0.05) is 25.2 Å². The molecular formula is C16H25ClF2N2O. The molecule has 0 saturated carbocycles. The van der Waals surface area contributed by atoms with Crippen molar-refractivity contribution in [1.82, 2.24) is 4.90 Å². The quantitative estimate of drug-likeness (QED) is 0.909. The average Bonchev–Trinajstić information content (AvgIpc) is 2.41. The van der Waals surface area contributed by atoms with Gasteiger partial charge >= 0.3 is 6.61 Å². The van der Waals surface area contributed by atoms with E-state index in [0.717, 1.165) is 25.1 Å². The van der Waals surface area contributed by atoms with Crippen LogP contribution in [0, 0.1) is 5.41 Å². The number of nitrogens with two attached hydrogens (primary N) is 1. The van der Waals surface area contributed by atoms with Gasteiger partial charge < -0.3 is 10.5 Å². The number of alkyl halides is 2. The summed E-state index contributed by atoms with van der Waals surface area (Å²) in [7, 11) is 0. The average molecular weight is 335 g/mol. The molecule has 1 heterocycles. The monoisotopic (exact) mass is 334 g/mol. The van der Waals surface area contributed by atoms with Crippen molar-refractivity contribution >= 4 is 12.4 Å². The number of halogens is 3. The first-order chi connectivity index (χ1) is 9.79. The molecule has 0 radical (unpaired) electrons. The van der Waals surface area contributed by atoms with E-state index in [4.69, 9.17) is 5.73 Å². The molecule has 1 fully saturated rings. The fraction of sp³-hybridized carbons (Fsp3) is 0.625. The van der Waals surface area contributed by atoms with Crippen molar-refractivity contribution in [3.63, 3.8) is 0 Å². The highest BCUT2D eigenvalue weighted by Gasteiger charge is 2.35. The number of nitrogens with zero attached hydrogens (tertiary/aromatic N) is 1. The van der Waals surface area contributed by atoms with Crippen LogP contribution in [-0.4, -0.2) is 30.6 Å². The third-order valence-corrected chi connectivity index (χ3v) is 4.48. The summed E-state index contributed by atoms with van der Waals surface area (Å²) >= 11 is 0. The summed E-state index contributed by atoms with van der Waals surface area (Å²) in [6.45, 7) is 5.63. The Morgan fingerprint density at radius 3 is 2.36 bits per heavy atom. The molecule has 1 aliphatic heterocycles. The van der Waals surface area contributed by atoms with Gasteiger partial charge in [0.1, 0.15) is 5.75 Å². The predicted octanol–water partition coefficient (Wildman–Crippen LogP) is 3.83. The van der Waals surface area contributed by atoms with E-state index in [1.54, 1.807) is 12.1 Å². The Kier molecular flexibility index (Phi) is 6.59. The van der Waals surface area contributed by atoms with Crippen molar-refractivity contribution < 1.29 is 13.5 Å². The molecule has 126 valence electrons. The van der Waals surface area contributed by atoms with Gasteiger partial charge in [0.15, 0.2) is 0 Å². The van der Waals surface area contributed by atoms with Crippen molar-refractivity contribution in [2.45, 2.75) is 45.9 Å². The molecule has 1 aromatic carbocycles. The number of benzene rings is 1. The lowest BCUT2D eigenvalue weighted by Gasteiger charge is -2.45. The first-order valence-corrected chi connectivity index (χ1v) is 7.34. The number of ether oxygens (including phenoxy) is 1. The zero-order chi connectivity index (χ0) is 15.6. The molecule has 6 heteroatoms. The second kappa shape index (κ2) is 7.57. The van der Waals surface area contributed by atoms with Crippen molar-refractivity contribution in [2.24, 2.45) is 11.1 Å². The number of hydrogen-bond acceptors (Lipinski definition) is 3. The van der Waals surface area contributed by atoms with Crippen LogP contribution in [0.1, 0.15) is 38.8 Å². The summed E-state index contributed by atoms with van der Waals surface area (Å²) in [6, 6.07) is 7.35. The van der Waals surface area contributed by atoms with Gasteiger partial charge in [-0.3, -0.25) is 4.90 Å². The Labute approximate surface area is 137 Å². The highest BCUT2D eigenvalue weighted by atomic mass is 35.5. The molecule has 2 atom stereocenters. The minimum absolute atomic E-state index is 0. The molecule has 0 aromatic heterocycles. The van der Waals surface area contributed by atoms with E-state index in [1.165, 1.54) is 0 Å². The fourth-order valence-corrected chi connectivity index (χ4v) is 2.88. The molecule has 2 N–H and O–H groups in total. The van der Waals surface area contributed by atoms with Crippen molar-refractivity contribution in [3.05, 3.63) is 29.8 Å². The number of rotatable bonds is 4. The summed E-state index contributed by atoms with van der Waals surface area (Å²) in [5.41, 5.74) is 7.35. The van der Waals surface area contributed by atoms with Crippen LogP contribution in [0.5, 0.6) is 5.75 Å². The van der Waals surface area contributed by atoms with E-state index in [2.05, 4.69) is 30.4 Å². The lowest BCUT2D eigenvalue weighted by Crippen LogP contribution is -2.52. The van der Waals surface area contributed by atoms with E-state index in [0.29, 0.717) is 0 Å². The van der Waals surface area contributed by atoms with Crippen LogP contribution in [0.2, 0.25) is 0 Å². The summed E-state index contributed by atoms with van der Waals surface area (Å²) in [6.07, 6.45) is 0.976. The Hall–Kier alpha value is -0.910. The van der Waals surface area contributed by atoms with Gasteiger partial charge in [-0.1, -0.05) is 26.0 Å². The maximum absolute atomic E-state index is 12.2. The molecule has 0 amide bonds. The topological polar surface area (TPSA) is 38.5 Å². The standard InChI is InChI=1S/C16H24F2N2O.ClH/c1-11(20-9-8-14(19)16(2,3)10-20)12-4-6-13(7-5-12)21-15(17)18;/h4-7,11,14-15H,8-10,19H2,1-3H3;1H. The molecule has 1 saturated heterocycles. The lowest BCUT2D eigenvalue weighted by molar-refractivity contribution is -0.0498. The van der Waals surface area contributed by atoms with E-state index >= 15 is 0 Å². The minimum Gasteiger partial charge on any atom is -0.435 e. The highest BCUT2D eigenvalue weighted by molar-refractivity contribution is 5.85. The zero-order valence-corrected chi connectivity index (χ0v) is 14.1. The maximum atomic E-state index is 12.2.